The van der Waals surface area contributed by atoms with Crippen molar-refractivity contribution in [2.75, 3.05) is 0 Å². The van der Waals surface area contributed by atoms with Gasteiger partial charge in [0.1, 0.15) is 12.1 Å². The molecular formula is C27H36N2O2. The van der Waals surface area contributed by atoms with Gasteiger partial charge < -0.3 is 10.2 Å². The molecule has 0 saturated carbocycles. The Kier molecular flexibility index (Phi) is 7.53. The highest BCUT2D eigenvalue weighted by atomic mass is 16.2. The highest BCUT2D eigenvalue weighted by Gasteiger charge is 2.44. The van der Waals surface area contributed by atoms with Crippen LogP contribution in [0.4, 0.5) is 0 Å². The third kappa shape index (κ3) is 5.17. The summed E-state index contributed by atoms with van der Waals surface area (Å²) >= 11 is 0. The molecule has 0 aromatic heterocycles. The molecule has 2 aromatic carbocycles. The molecule has 4 rings (SSSR count). The first-order valence-corrected chi connectivity index (χ1v) is 11.7. The minimum absolute atomic E-state index is 0.00799. The highest BCUT2D eigenvalue weighted by molar-refractivity contribution is 5.97. The summed E-state index contributed by atoms with van der Waals surface area (Å²) in [5.74, 6) is 0.524. The molecule has 1 aliphatic heterocycles. The average molecular weight is 421 g/mol. The summed E-state index contributed by atoms with van der Waals surface area (Å²) < 4.78 is 0. The Labute approximate surface area is 187 Å². The van der Waals surface area contributed by atoms with E-state index in [2.05, 4.69) is 62.5 Å². The number of piperazine rings is 1. The van der Waals surface area contributed by atoms with Crippen LogP contribution in [-0.2, 0) is 29.0 Å². The van der Waals surface area contributed by atoms with Crippen LogP contribution < -0.4 is 5.32 Å². The SMILES string of the molecule is CC.Cc1ccc(CN2C(=O)C(C3Cc4ccccc4C3)NC(=O)C2CC(C)C)cc1. The lowest BCUT2D eigenvalue weighted by Crippen LogP contribution is -2.65. The molecule has 2 aliphatic rings. The molecular weight excluding hydrogens is 384 g/mol. The van der Waals surface area contributed by atoms with Crippen LogP contribution in [0, 0.1) is 18.8 Å². The van der Waals surface area contributed by atoms with Gasteiger partial charge in [-0.25, -0.2) is 0 Å². The van der Waals surface area contributed by atoms with Gasteiger partial charge in [0.25, 0.3) is 0 Å². The van der Waals surface area contributed by atoms with E-state index in [1.807, 2.05) is 30.9 Å². The molecule has 0 radical (unpaired) electrons. The average Bonchev–Trinajstić information content (AvgIpc) is 3.19. The van der Waals surface area contributed by atoms with E-state index in [-0.39, 0.29) is 17.7 Å². The Morgan fingerprint density at radius 2 is 1.55 bits per heavy atom. The quantitative estimate of drug-likeness (QED) is 0.764. The largest absolute Gasteiger partial charge is 0.342 e. The second kappa shape index (κ2) is 10.1. The first kappa shape index (κ1) is 23.1. The van der Waals surface area contributed by atoms with Gasteiger partial charge in [-0.2, -0.15) is 0 Å². The summed E-state index contributed by atoms with van der Waals surface area (Å²) in [7, 11) is 0. The fourth-order valence-corrected chi connectivity index (χ4v) is 4.69. The summed E-state index contributed by atoms with van der Waals surface area (Å²) in [6.07, 6.45) is 2.38. The lowest BCUT2D eigenvalue weighted by molar-refractivity contribution is -0.152. The number of nitrogens with zero attached hydrogens (tertiary/aromatic N) is 1. The fraction of sp³-hybridized carbons (Fsp3) is 0.481. The van der Waals surface area contributed by atoms with Crippen LogP contribution in [0.3, 0.4) is 0 Å². The second-order valence-corrected chi connectivity index (χ2v) is 9.02. The number of amides is 2. The maximum Gasteiger partial charge on any atom is 0.246 e. The normalized spacial score (nSPS) is 20.9. The molecule has 2 unspecified atom stereocenters. The summed E-state index contributed by atoms with van der Waals surface area (Å²) in [4.78, 5) is 28.5. The summed E-state index contributed by atoms with van der Waals surface area (Å²) in [6.45, 7) is 10.7. The molecule has 166 valence electrons. The number of hydrogen-bond donors (Lipinski definition) is 1. The van der Waals surface area contributed by atoms with Crippen molar-refractivity contribution >= 4 is 11.8 Å². The van der Waals surface area contributed by atoms with Crippen LogP contribution in [0.5, 0.6) is 0 Å². The molecule has 31 heavy (non-hydrogen) atoms. The lowest BCUT2D eigenvalue weighted by Gasteiger charge is -2.41. The number of benzene rings is 2. The molecule has 1 aliphatic carbocycles. The van der Waals surface area contributed by atoms with Crippen LogP contribution in [0.2, 0.25) is 0 Å². The van der Waals surface area contributed by atoms with Gasteiger partial charge >= 0.3 is 0 Å². The van der Waals surface area contributed by atoms with Crippen molar-refractivity contribution < 1.29 is 9.59 Å². The van der Waals surface area contributed by atoms with Gasteiger partial charge in [-0.3, -0.25) is 9.59 Å². The molecule has 1 N–H and O–H groups in total. The van der Waals surface area contributed by atoms with Crippen molar-refractivity contribution in [3.8, 4) is 0 Å². The van der Waals surface area contributed by atoms with E-state index < -0.39 is 12.1 Å². The van der Waals surface area contributed by atoms with Crippen LogP contribution >= 0.6 is 0 Å². The molecule has 2 atom stereocenters. The summed E-state index contributed by atoms with van der Waals surface area (Å²) in [5, 5.41) is 3.09. The monoisotopic (exact) mass is 420 g/mol. The van der Waals surface area contributed by atoms with Gasteiger partial charge in [-0.1, -0.05) is 81.8 Å². The van der Waals surface area contributed by atoms with Crippen molar-refractivity contribution in [1.29, 1.82) is 0 Å². The number of nitrogens with one attached hydrogen (secondary N) is 1. The van der Waals surface area contributed by atoms with Crippen molar-refractivity contribution in [2.45, 2.75) is 72.5 Å². The third-order valence-corrected chi connectivity index (χ3v) is 6.25. The molecule has 2 aromatic rings. The number of fused-ring (bicyclic) bond motifs is 1. The Balaban J connectivity index is 0.00000132. The Morgan fingerprint density at radius 3 is 2.10 bits per heavy atom. The van der Waals surface area contributed by atoms with Gasteiger partial charge in [0.05, 0.1) is 0 Å². The topological polar surface area (TPSA) is 49.4 Å². The predicted octanol–water partition coefficient (Wildman–Crippen LogP) is 4.68. The first-order valence-electron chi connectivity index (χ1n) is 11.7. The molecule has 0 spiro atoms. The van der Waals surface area contributed by atoms with Crippen molar-refractivity contribution in [2.24, 2.45) is 11.8 Å². The zero-order valence-electron chi connectivity index (χ0n) is 19.5. The number of aryl methyl sites for hydroxylation is 1. The first-order chi connectivity index (χ1) is 14.9. The molecule has 2 amide bonds. The van der Waals surface area contributed by atoms with Gasteiger partial charge in [0.15, 0.2) is 0 Å². The zero-order valence-corrected chi connectivity index (χ0v) is 19.5. The maximum atomic E-state index is 13.6. The fourth-order valence-electron chi connectivity index (χ4n) is 4.69. The van der Waals surface area contributed by atoms with Gasteiger partial charge in [0, 0.05) is 6.54 Å². The van der Waals surface area contributed by atoms with E-state index in [1.165, 1.54) is 16.7 Å². The Morgan fingerprint density at radius 1 is 0.968 bits per heavy atom. The van der Waals surface area contributed by atoms with Gasteiger partial charge in [-0.15, -0.1) is 0 Å². The summed E-state index contributed by atoms with van der Waals surface area (Å²) in [5.41, 5.74) is 4.86. The van der Waals surface area contributed by atoms with Gasteiger partial charge in [-0.05, 0) is 54.7 Å². The zero-order chi connectivity index (χ0) is 22.5. The number of rotatable bonds is 5. The Bertz CT molecular complexity index is 879. The molecule has 4 nitrogen and oxygen atoms in total. The number of carbonyl (C=O) groups excluding carboxylic acids is 2. The van der Waals surface area contributed by atoms with E-state index >= 15 is 0 Å². The number of carbonyl (C=O) groups is 2. The standard InChI is InChI=1S/C25H30N2O2.C2H6/c1-16(2)12-22-24(28)26-23(21-13-19-6-4-5-7-20(19)14-21)25(29)27(22)15-18-10-8-17(3)9-11-18;1-2/h4-11,16,21-23H,12-15H2,1-3H3,(H,26,28);1-2H3. The number of hydrogen-bond acceptors (Lipinski definition) is 2. The molecule has 1 saturated heterocycles. The Hall–Kier alpha value is -2.62. The van der Waals surface area contributed by atoms with Gasteiger partial charge in [0.2, 0.25) is 11.8 Å². The predicted molar refractivity (Wildman–Crippen MR) is 126 cm³/mol. The van der Waals surface area contributed by atoms with E-state index in [1.54, 1.807) is 0 Å². The molecule has 4 heteroatoms. The van der Waals surface area contributed by atoms with Crippen molar-refractivity contribution in [1.82, 2.24) is 10.2 Å². The van der Waals surface area contributed by atoms with Crippen LogP contribution in [0.1, 0.15) is 56.4 Å². The minimum Gasteiger partial charge on any atom is -0.342 e. The highest BCUT2D eigenvalue weighted by Crippen LogP contribution is 2.32. The maximum absolute atomic E-state index is 13.6. The van der Waals surface area contributed by atoms with Crippen molar-refractivity contribution in [3.05, 3.63) is 70.8 Å². The van der Waals surface area contributed by atoms with Crippen molar-refractivity contribution in [3.63, 3.8) is 0 Å². The lowest BCUT2D eigenvalue weighted by atomic mass is 9.90. The van der Waals surface area contributed by atoms with E-state index in [9.17, 15) is 9.59 Å². The molecule has 1 fully saturated rings. The second-order valence-electron chi connectivity index (χ2n) is 9.02. The third-order valence-electron chi connectivity index (χ3n) is 6.25. The van der Waals surface area contributed by atoms with E-state index in [0.29, 0.717) is 18.9 Å². The van der Waals surface area contributed by atoms with E-state index in [4.69, 9.17) is 0 Å². The van der Waals surface area contributed by atoms with Crippen LogP contribution in [-0.4, -0.2) is 28.8 Å². The smallest absolute Gasteiger partial charge is 0.246 e. The molecule has 0 bridgehead atoms. The molecule has 1 heterocycles. The van der Waals surface area contributed by atoms with Crippen LogP contribution in [0.25, 0.3) is 0 Å². The summed E-state index contributed by atoms with van der Waals surface area (Å²) in [6, 6.07) is 15.8. The van der Waals surface area contributed by atoms with Crippen LogP contribution in [0.15, 0.2) is 48.5 Å². The van der Waals surface area contributed by atoms with E-state index in [0.717, 1.165) is 18.4 Å². The minimum atomic E-state index is -0.441.